The van der Waals surface area contributed by atoms with Crippen LogP contribution in [0.5, 0.6) is 0 Å². The fraction of sp³-hybridized carbons (Fsp3) is 0.333. The summed E-state index contributed by atoms with van der Waals surface area (Å²) in [6, 6.07) is 7.87. The van der Waals surface area contributed by atoms with Gasteiger partial charge < -0.3 is 10.6 Å². The van der Waals surface area contributed by atoms with E-state index in [-0.39, 0.29) is 5.91 Å². The Morgan fingerprint density at radius 2 is 2.00 bits per heavy atom. The lowest BCUT2D eigenvalue weighted by molar-refractivity contribution is 0.0953. The number of hydrogen-bond acceptors (Lipinski definition) is 3. The zero-order valence-electron chi connectivity index (χ0n) is 12.2. The van der Waals surface area contributed by atoms with Gasteiger partial charge in [-0.2, -0.15) is 5.10 Å². The maximum Gasteiger partial charge on any atom is 0.254 e. The van der Waals surface area contributed by atoms with Crippen molar-refractivity contribution in [3.8, 4) is 5.69 Å². The predicted octanol–water partition coefficient (Wildman–Crippen LogP) is 2.15. The Kier molecular flexibility index (Phi) is 5.52. The van der Waals surface area contributed by atoms with E-state index in [2.05, 4.69) is 31.7 Å². The molecule has 6 heteroatoms. The molecule has 0 bridgehead atoms. The molecule has 0 unspecified atom stereocenters. The van der Waals surface area contributed by atoms with Crippen molar-refractivity contribution in [1.29, 1.82) is 0 Å². The van der Waals surface area contributed by atoms with Gasteiger partial charge in [0.1, 0.15) is 0 Å². The minimum atomic E-state index is -0.0783. The molecule has 0 fully saturated rings. The molecule has 2 aromatic rings. The molecule has 1 aromatic carbocycles. The van der Waals surface area contributed by atoms with Gasteiger partial charge in [-0.3, -0.25) is 4.79 Å². The molecule has 2 N–H and O–H groups in total. The van der Waals surface area contributed by atoms with Crippen LogP contribution in [0, 0.1) is 0 Å². The van der Waals surface area contributed by atoms with Crippen LogP contribution in [-0.4, -0.2) is 35.8 Å². The number of benzene rings is 1. The number of likely N-dealkylation sites (N-methyl/N-ethyl adjacent to an activating group) is 1. The summed E-state index contributed by atoms with van der Waals surface area (Å²) < 4.78 is 2.83. The predicted molar refractivity (Wildman–Crippen MR) is 86.9 cm³/mol. The van der Waals surface area contributed by atoms with Crippen molar-refractivity contribution in [2.75, 3.05) is 20.1 Å². The highest BCUT2D eigenvalue weighted by Gasteiger charge is 2.16. The molecule has 0 saturated heterocycles. The van der Waals surface area contributed by atoms with Gasteiger partial charge in [0.05, 0.1) is 23.1 Å². The van der Waals surface area contributed by atoms with E-state index >= 15 is 0 Å². The lowest BCUT2D eigenvalue weighted by Gasteiger charge is -2.08. The summed E-state index contributed by atoms with van der Waals surface area (Å²) in [6.45, 7) is 3.37. The molecular weight excluding hydrogens is 332 g/mol. The average Bonchev–Trinajstić information content (AvgIpc) is 2.92. The van der Waals surface area contributed by atoms with Crippen molar-refractivity contribution in [1.82, 2.24) is 20.4 Å². The van der Waals surface area contributed by atoms with Gasteiger partial charge in [-0.05, 0) is 37.7 Å². The normalized spacial score (nSPS) is 10.6. The highest BCUT2D eigenvalue weighted by Crippen LogP contribution is 2.18. The Morgan fingerprint density at radius 3 is 2.62 bits per heavy atom. The van der Waals surface area contributed by atoms with E-state index in [1.54, 1.807) is 6.20 Å². The van der Waals surface area contributed by atoms with Gasteiger partial charge in [0, 0.05) is 17.6 Å². The fourth-order valence-electron chi connectivity index (χ4n) is 2.10. The minimum Gasteiger partial charge on any atom is -0.351 e. The fourth-order valence-corrected chi connectivity index (χ4v) is 2.37. The van der Waals surface area contributed by atoms with Crippen LogP contribution >= 0.6 is 15.9 Å². The molecule has 0 spiro atoms. The third kappa shape index (κ3) is 3.71. The highest BCUT2D eigenvalue weighted by atomic mass is 79.9. The molecule has 0 radical (unpaired) electrons. The van der Waals surface area contributed by atoms with Gasteiger partial charge in [0.15, 0.2) is 0 Å². The molecule has 1 amide bonds. The Hall–Kier alpha value is -1.66. The number of amides is 1. The van der Waals surface area contributed by atoms with Gasteiger partial charge in [-0.15, -0.1) is 0 Å². The molecule has 1 heterocycles. The third-order valence-corrected chi connectivity index (χ3v) is 3.71. The third-order valence-electron chi connectivity index (χ3n) is 3.18. The molecule has 0 atom stereocenters. The lowest BCUT2D eigenvalue weighted by atomic mass is 10.2. The van der Waals surface area contributed by atoms with Crippen LogP contribution < -0.4 is 10.6 Å². The van der Waals surface area contributed by atoms with E-state index in [1.807, 2.05) is 42.9 Å². The number of halogens is 1. The Bertz CT molecular complexity index is 607. The topological polar surface area (TPSA) is 59.0 Å². The van der Waals surface area contributed by atoms with Crippen LogP contribution in [0.2, 0.25) is 0 Å². The largest absolute Gasteiger partial charge is 0.351 e. The van der Waals surface area contributed by atoms with Gasteiger partial charge in [0.25, 0.3) is 5.91 Å². The quantitative estimate of drug-likeness (QED) is 0.784. The maximum absolute atomic E-state index is 12.2. The second kappa shape index (κ2) is 7.38. The second-order valence-corrected chi connectivity index (χ2v) is 5.52. The Balaban J connectivity index is 2.25. The number of nitrogens with one attached hydrogen (secondary N) is 2. The van der Waals surface area contributed by atoms with E-state index in [1.165, 1.54) is 0 Å². The molecule has 5 nitrogen and oxygen atoms in total. The monoisotopic (exact) mass is 350 g/mol. The second-order valence-electron chi connectivity index (χ2n) is 4.61. The molecule has 2 rings (SSSR count). The van der Waals surface area contributed by atoms with Gasteiger partial charge in [0.2, 0.25) is 0 Å². The van der Waals surface area contributed by atoms with Crippen molar-refractivity contribution in [2.45, 2.75) is 13.3 Å². The first kappa shape index (κ1) is 15.7. The van der Waals surface area contributed by atoms with Crippen LogP contribution in [0.1, 0.15) is 23.0 Å². The molecule has 0 aliphatic heterocycles. The SMILES string of the molecule is CCc1c(C(=O)NCCNC)cnn1-c1ccc(Br)cc1. The summed E-state index contributed by atoms with van der Waals surface area (Å²) >= 11 is 3.42. The standard InChI is InChI=1S/C15H19BrN4O/c1-3-14-13(15(21)18-9-8-17-2)10-19-20(14)12-6-4-11(16)5-7-12/h4-7,10,17H,3,8-9H2,1-2H3,(H,18,21). The molecular formula is C15H19BrN4O. The smallest absolute Gasteiger partial charge is 0.254 e. The van der Waals surface area contributed by atoms with Crippen LogP contribution in [0.4, 0.5) is 0 Å². The Labute approximate surface area is 132 Å². The summed E-state index contributed by atoms with van der Waals surface area (Å²) in [4.78, 5) is 12.2. The lowest BCUT2D eigenvalue weighted by Crippen LogP contribution is -2.30. The first-order valence-electron chi connectivity index (χ1n) is 6.93. The van der Waals surface area contributed by atoms with Crippen molar-refractivity contribution in [3.63, 3.8) is 0 Å². The number of carbonyl (C=O) groups is 1. The minimum absolute atomic E-state index is 0.0783. The number of rotatable bonds is 6. The van der Waals surface area contributed by atoms with Crippen molar-refractivity contribution in [3.05, 3.63) is 46.2 Å². The highest BCUT2D eigenvalue weighted by molar-refractivity contribution is 9.10. The van der Waals surface area contributed by atoms with E-state index in [0.717, 1.165) is 28.8 Å². The molecule has 0 saturated carbocycles. The van der Waals surface area contributed by atoms with Gasteiger partial charge >= 0.3 is 0 Å². The van der Waals surface area contributed by atoms with Crippen LogP contribution in [-0.2, 0) is 6.42 Å². The van der Waals surface area contributed by atoms with E-state index in [4.69, 9.17) is 0 Å². The average molecular weight is 351 g/mol. The molecule has 0 aliphatic carbocycles. The number of hydrogen-bond donors (Lipinski definition) is 2. The van der Waals surface area contributed by atoms with Crippen LogP contribution in [0.15, 0.2) is 34.9 Å². The number of nitrogens with zero attached hydrogens (tertiary/aromatic N) is 2. The molecule has 112 valence electrons. The van der Waals surface area contributed by atoms with Crippen molar-refractivity contribution < 1.29 is 4.79 Å². The van der Waals surface area contributed by atoms with Crippen LogP contribution in [0.3, 0.4) is 0 Å². The first-order valence-corrected chi connectivity index (χ1v) is 7.72. The number of carbonyl (C=O) groups excluding carboxylic acids is 1. The summed E-state index contributed by atoms with van der Waals surface area (Å²) in [6.07, 6.45) is 2.38. The molecule has 21 heavy (non-hydrogen) atoms. The summed E-state index contributed by atoms with van der Waals surface area (Å²) in [7, 11) is 1.86. The number of aromatic nitrogens is 2. The zero-order valence-corrected chi connectivity index (χ0v) is 13.8. The first-order chi connectivity index (χ1) is 10.2. The van der Waals surface area contributed by atoms with E-state index < -0.39 is 0 Å². The van der Waals surface area contributed by atoms with Gasteiger partial charge in [-0.1, -0.05) is 22.9 Å². The summed E-state index contributed by atoms with van der Waals surface area (Å²) in [5.41, 5.74) is 2.50. The summed E-state index contributed by atoms with van der Waals surface area (Å²) in [5.74, 6) is -0.0783. The zero-order chi connectivity index (χ0) is 15.2. The van der Waals surface area contributed by atoms with E-state index in [0.29, 0.717) is 12.1 Å². The molecule has 1 aromatic heterocycles. The Morgan fingerprint density at radius 1 is 1.29 bits per heavy atom. The van der Waals surface area contributed by atoms with Crippen molar-refractivity contribution in [2.24, 2.45) is 0 Å². The molecule has 0 aliphatic rings. The maximum atomic E-state index is 12.2. The van der Waals surface area contributed by atoms with Crippen LogP contribution in [0.25, 0.3) is 5.69 Å². The summed E-state index contributed by atoms with van der Waals surface area (Å²) in [5, 5.41) is 10.2. The van der Waals surface area contributed by atoms with Gasteiger partial charge in [-0.25, -0.2) is 4.68 Å². The van der Waals surface area contributed by atoms with E-state index in [9.17, 15) is 4.79 Å². The van der Waals surface area contributed by atoms with Crippen molar-refractivity contribution >= 4 is 21.8 Å².